The molecule has 0 spiro atoms. The van der Waals surface area contributed by atoms with Gasteiger partial charge >= 0.3 is 12.0 Å². The van der Waals surface area contributed by atoms with Gasteiger partial charge in [-0.2, -0.15) is 0 Å². The minimum atomic E-state index is -1.06. The molecule has 0 aromatic heterocycles. The first kappa shape index (κ1) is 16.7. The smallest absolute Gasteiger partial charge is 0.326 e. The first-order valence-corrected chi connectivity index (χ1v) is 6.60. The van der Waals surface area contributed by atoms with Crippen LogP contribution in [0.1, 0.15) is 27.2 Å². The number of amides is 2. The summed E-state index contributed by atoms with van der Waals surface area (Å²) in [7, 11) is 1.57. The second kappa shape index (κ2) is 6.41. The zero-order chi connectivity index (χ0) is 15.4. The van der Waals surface area contributed by atoms with Gasteiger partial charge in [0.25, 0.3) is 0 Å². The lowest BCUT2D eigenvalue weighted by Crippen LogP contribution is -2.55. The Morgan fingerprint density at radius 3 is 2.50 bits per heavy atom. The SMILES string of the molecule is COC1(CNC(=O)N[C@H](C(=O)O)C(C)(C)C)CCOC1. The van der Waals surface area contributed by atoms with E-state index in [1.54, 1.807) is 27.9 Å². The van der Waals surface area contributed by atoms with E-state index in [2.05, 4.69) is 10.6 Å². The lowest BCUT2D eigenvalue weighted by atomic mass is 9.87. The molecule has 7 nitrogen and oxygen atoms in total. The number of carboxylic acids is 1. The van der Waals surface area contributed by atoms with Crippen LogP contribution in [0.2, 0.25) is 0 Å². The lowest BCUT2D eigenvalue weighted by Gasteiger charge is -2.29. The molecular formula is C13H24N2O5. The summed E-state index contributed by atoms with van der Waals surface area (Å²) in [5.74, 6) is -1.06. The third-order valence-electron chi connectivity index (χ3n) is 3.46. The number of carbonyl (C=O) groups is 2. The topological polar surface area (TPSA) is 96.9 Å². The molecule has 3 N–H and O–H groups in total. The minimum absolute atomic E-state index is 0.284. The predicted octanol–water partition coefficient (Wildman–Crippen LogP) is 0.590. The molecule has 0 aliphatic carbocycles. The van der Waals surface area contributed by atoms with Crippen molar-refractivity contribution in [2.75, 3.05) is 26.9 Å². The zero-order valence-corrected chi connectivity index (χ0v) is 12.5. The number of methoxy groups -OCH3 is 1. The summed E-state index contributed by atoms with van der Waals surface area (Å²) < 4.78 is 10.7. The highest BCUT2D eigenvalue weighted by molar-refractivity contribution is 5.83. The Balaban J connectivity index is 2.52. The highest BCUT2D eigenvalue weighted by Crippen LogP contribution is 2.22. The van der Waals surface area contributed by atoms with Crippen LogP contribution in [0, 0.1) is 5.41 Å². The third-order valence-corrected chi connectivity index (χ3v) is 3.46. The fourth-order valence-corrected chi connectivity index (χ4v) is 2.03. The summed E-state index contributed by atoms with van der Waals surface area (Å²) in [6.45, 7) is 6.57. The molecule has 7 heteroatoms. The van der Waals surface area contributed by atoms with Crippen molar-refractivity contribution in [1.82, 2.24) is 10.6 Å². The normalized spacial score (nSPS) is 24.2. The number of carboxylic acid groups (broad SMARTS) is 1. The van der Waals surface area contributed by atoms with Crippen LogP contribution in [0.4, 0.5) is 4.79 Å². The summed E-state index contributed by atoms with van der Waals surface area (Å²) in [5.41, 5.74) is -1.09. The molecule has 1 rings (SSSR count). The van der Waals surface area contributed by atoms with E-state index in [1.807, 2.05) is 0 Å². The van der Waals surface area contributed by atoms with Crippen LogP contribution in [0.25, 0.3) is 0 Å². The van der Waals surface area contributed by atoms with Crippen LogP contribution >= 0.6 is 0 Å². The number of hydrogen-bond donors (Lipinski definition) is 3. The highest BCUT2D eigenvalue weighted by Gasteiger charge is 2.36. The molecule has 1 saturated heterocycles. The first-order chi connectivity index (χ1) is 9.20. The molecule has 1 unspecified atom stereocenters. The molecule has 1 aliphatic rings. The summed E-state index contributed by atoms with van der Waals surface area (Å²) >= 11 is 0. The molecule has 1 aliphatic heterocycles. The van der Waals surface area contributed by atoms with Crippen molar-refractivity contribution >= 4 is 12.0 Å². The summed E-state index contributed by atoms with van der Waals surface area (Å²) in [4.78, 5) is 23.0. The Labute approximate surface area is 119 Å². The maximum Gasteiger partial charge on any atom is 0.326 e. The van der Waals surface area contributed by atoms with E-state index in [-0.39, 0.29) is 6.54 Å². The minimum Gasteiger partial charge on any atom is -0.480 e. The van der Waals surface area contributed by atoms with E-state index in [4.69, 9.17) is 14.6 Å². The fourth-order valence-electron chi connectivity index (χ4n) is 2.03. The quantitative estimate of drug-likeness (QED) is 0.688. The Kier molecular flexibility index (Phi) is 5.35. The average molecular weight is 288 g/mol. The monoisotopic (exact) mass is 288 g/mol. The van der Waals surface area contributed by atoms with E-state index in [1.165, 1.54) is 0 Å². The van der Waals surface area contributed by atoms with Crippen molar-refractivity contribution < 1.29 is 24.2 Å². The maximum absolute atomic E-state index is 11.8. The lowest BCUT2D eigenvalue weighted by molar-refractivity contribution is -0.141. The van der Waals surface area contributed by atoms with E-state index in [0.717, 1.165) is 0 Å². The van der Waals surface area contributed by atoms with Gasteiger partial charge in [-0.25, -0.2) is 9.59 Å². The van der Waals surface area contributed by atoms with E-state index in [0.29, 0.717) is 19.6 Å². The number of carbonyl (C=O) groups excluding carboxylic acids is 1. The summed E-state index contributed by atoms with van der Waals surface area (Å²) in [6, 6.07) is -1.48. The van der Waals surface area contributed by atoms with Gasteiger partial charge in [0, 0.05) is 20.1 Å². The number of urea groups is 1. The number of hydrogen-bond acceptors (Lipinski definition) is 4. The van der Waals surface area contributed by atoms with Crippen LogP contribution in [-0.4, -0.2) is 55.6 Å². The molecule has 0 saturated carbocycles. The van der Waals surface area contributed by atoms with Crippen molar-refractivity contribution in [2.24, 2.45) is 5.41 Å². The van der Waals surface area contributed by atoms with Crippen LogP contribution in [0.5, 0.6) is 0 Å². The first-order valence-electron chi connectivity index (χ1n) is 6.60. The standard InChI is InChI=1S/C13H24N2O5/c1-12(2,3)9(10(16)17)15-11(18)14-7-13(19-4)5-6-20-8-13/h9H,5-8H2,1-4H3,(H,16,17)(H2,14,15,18)/t9-,13?/m1/s1. The molecule has 0 bridgehead atoms. The molecule has 1 fully saturated rings. The maximum atomic E-state index is 11.8. The molecule has 1 heterocycles. The number of nitrogens with one attached hydrogen (secondary N) is 2. The van der Waals surface area contributed by atoms with Crippen LogP contribution in [0.15, 0.2) is 0 Å². The fraction of sp³-hybridized carbons (Fsp3) is 0.846. The van der Waals surface area contributed by atoms with Crippen molar-refractivity contribution in [1.29, 1.82) is 0 Å². The zero-order valence-electron chi connectivity index (χ0n) is 12.5. The van der Waals surface area contributed by atoms with Gasteiger partial charge in [0.2, 0.25) is 0 Å². The Morgan fingerprint density at radius 1 is 1.45 bits per heavy atom. The summed E-state index contributed by atoms with van der Waals surface area (Å²) in [5, 5.41) is 14.3. The molecule has 0 aromatic rings. The van der Waals surface area contributed by atoms with E-state index >= 15 is 0 Å². The third kappa shape index (κ3) is 4.35. The van der Waals surface area contributed by atoms with Gasteiger partial charge in [0.05, 0.1) is 13.2 Å². The molecular weight excluding hydrogens is 264 g/mol. The van der Waals surface area contributed by atoms with Gasteiger partial charge in [-0.1, -0.05) is 20.8 Å². The molecule has 20 heavy (non-hydrogen) atoms. The van der Waals surface area contributed by atoms with Crippen LogP contribution in [0.3, 0.4) is 0 Å². The van der Waals surface area contributed by atoms with Gasteiger partial charge < -0.3 is 25.2 Å². The number of ether oxygens (including phenoxy) is 2. The van der Waals surface area contributed by atoms with Crippen molar-refractivity contribution in [3.63, 3.8) is 0 Å². The second-order valence-electron chi connectivity index (χ2n) is 6.15. The van der Waals surface area contributed by atoms with Crippen LogP contribution < -0.4 is 10.6 Å². The van der Waals surface area contributed by atoms with Gasteiger partial charge in [-0.15, -0.1) is 0 Å². The van der Waals surface area contributed by atoms with Crippen molar-refractivity contribution in [3.8, 4) is 0 Å². The van der Waals surface area contributed by atoms with Gasteiger partial charge in [-0.3, -0.25) is 0 Å². The van der Waals surface area contributed by atoms with Gasteiger partial charge in [0.15, 0.2) is 0 Å². The van der Waals surface area contributed by atoms with Crippen molar-refractivity contribution in [2.45, 2.75) is 38.8 Å². The predicted molar refractivity (Wildman–Crippen MR) is 72.6 cm³/mol. The summed E-state index contributed by atoms with van der Waals surface area (Å²) in [6.07, 6.45) is 0.700. The second-order valence-corrected chi connectivity index (χ2v) is 6.15. The Morgan fingerprint density at radius 2 is 2.10 bits per heavy atom. The van der Waals surface area contributed by atoms with Gasteiger partial charge in [0.1, 0.15) is 11.6 Å². The molecule has 116 valence electrons. The van der Waals surface area contributed by atoms with Gasteiger partial charge in [-0.05, 0) is 5.41 Å². The molecule has 2 amide bonds. The number of rotatable bonds is 5. The molecule has 0 radical (unpaired) electrons. The average Bonchev–Trinajstić information content (AvgIpc) is 2.81. The van der Waals surface area contributed by atoms with E-state index in [9.17, 15) is 9.59 Å². The highest BCUT2D eigenvalue weighted by atomic mass is 16.5. The van der Waals surface area contributed by atoms with E-state index < -0.39 is 29.1 Å². The Hall–Kier alpha value is -1.34. The largest absolute Gasteiger partial charge is 0.480 e. The molecule has 2 atom stereocenters. The Bertz CT molecular complexity index is 358. The van der Waals surface area contributed by atoms with Crippen LogP contribution in [-0.2, 0) is 14.3 Å². The van der Waals surface area contributed by atoms with Crippen molar-refractivity contribution in [3.05, 3.63) is 0 Å². The molecule has 0 aromatic carbocycles. The number of aliphatic carboxylic acids is 1.